The van der Waals surface area contributed by atoms with Gasteiger partial charge in [-0.2, -0.15) is 0 Å². The zero-order valence-corrected chi connectivity index (χ0v) is 18.4. The topological polar surface area (TPSA) is 52.6 Å². The highest BCUT2D eigenvalue weighted by Gasteiger charge is 2.22. The Kier molecular flexibility index (Phi) is 6.89. The second kappa shape index (κ2) is 9.60. The number of carbonyl (C=O) groups is 2. The molecule has 0 spiro atoms. The molecule has 1 atom stereocenters. The average Bonchev–Trinajstić information content (AvgIpc) is 2.74. The lowest BCUT2D eigenvalue weighted by atomic mass is 9.86. The third kappa shape index (κ3) is 5.30. The molecule has 32 heavy (non-hydrogen) atoms. The van der Waals surface area contributed by atoms with Gasteiger partial charge in [-0.05, 0) is 60.7 Å². The Bertz CT molecular complexity index is 1150. The molecule has 0 heterocycles. The lowest BCUT2D eigenvalue weighted by Gasteiger charge is -2.22. The first-order valence-corrected chi connectivity index (χ1v) is 10.2. The van der Waals surface area contributed by atoms with Gasteiger partial charge >= 0.3 is 11.9 Å². The predicted octanol–water partition coefficient (Wildman–Crippen LogP) is 6.40. The molecule has 0 N–H and O–H groups in total. The van der Waals surface area contributed by atoms with Crippen LogP contribution in [-0.4, -0.2) is 11.9 Å². The molecule has 3 rings (SSSR count). The molecule has 1 unspecified atom stereocenters. The minimum absolute atomic E-state index is 0.0180. The van der Waals surface area contributed by atoms with Gasteiger partial charge in [0, 0.05) is 23.1 Å². The van der Waals surface area contributed by atoms with Gasteiger partial charge in [0.25, 0.3) is 0 Å². The van der Waals surface area contributed by atoms with E-state index in [-0.39, 0.29) is 11.7 Å². The Labute approximate surface area is 187 Å². The maximum atomic E-state index is 15.0. The number of ether oxygens (including phenoxy) is 2. The van der Waals surface area contributed by atoms with Crippen molar-refractivity contribution in [2.24, 2.45) is 5.92 Å². The van der Waals surface area contributed by atoms with Crippen LogP contribution in [0.25, 0.3) is 16.7 Å². The van der Waals surface area contributed by atoms with Crippen LogP contribution >= 0.6 is 0 Å². The fraction of sp³-hybridized carbons (Fsp3) is 0.185. The average molecular weight is 432 g/mol. The second-order valence-corrected chi connectivity index (χ2v) is 7.92. The van der Waals surface area contributed by atoms with Gasteiger partial charge in [-0.15, -0.1) is 0 Å². The van der Waals surface area contributed by atoms with E-state index in [9.17, 15) is 9.59 Å². The molecule has 2 aromatic carbocycles. The Morgan fingerprint density at radius 3 is 2.06 bits per heavy atom. The molecular formula is C27H25FO4. The Morgan fingerprint density at radius 1 is 0.906 bits per heavy atom. The minimum atomic E-state index is -0.491. The largest absolute Gasteiger partial charge is 0.428 e. The van der Waals surface area contributed by atoms with Crippen LogP contribution in [0.1, 0.15) is 32.8 Å². The van der Waals surface area contributed by atoms with Gasteiger partial charge in [0.2, 0.25) is 0 Å². The van der Waals surface area contributed by atoms with Crippen molar-refractivity contribution in [2.45, 2.75) is 27.2 Å². The van der Waals surface area contributed by atoms with Crippen LogP contribution in [0.5, 0.6) is 5.75 Å². The highest BCUT2D eigenvalue weighted by atomic mass is 19.1. The normalized spacial score (nSPS) is 15.3. The van der Waals surface area contributed by atoms with Crippen LogP contribution in [0.15, 0.2) is 84.7 Å². The number of carbonyl (C=O) groups excluding carboxylic acids is 2. The lowest BCUT2D eigenvalue weighted by molar-refractivity contribution is -0.135. The van der Waals surface area contributed by atoms with Crippen molar-refractivity contribution in [2.75, 3.05) is 0 Å². The van der Waals surface area contributed by atoms with Crippen molar-refractivity contribution in [3.63, 3.8) is 0 Å². The van der Waals surface area contributed by atoms with Crippen molar-refractivity contribution >= 4 is 17.5 Å². The summed E-state index contributed by atoms with van der Waals surface area (Å²) >= 11 is 0. The molecule has 0 aromatic heterocycles. The number of allylic oxidation sites excluding steroid dienone is 4. The minimum Gasteiger partial charge on any atom is -0.428 e. The molecule has 0 aliphatic heterocycles. The number of benzene rings is 2. The molecule has 0 amide bonds. The van der Waals surface area contributed by atoms with Crippen molar-refractivity contribution in [1.82, 2.24) is 0 Å². The zero-order valence-electron chi connectivity index (χ0n) is 18.4. The summed E-state index contributed by atoms with van der Waals surface area (Å²) in [6, 6.07) is 11.9. The van der Waals surface area contributed by atoms with E-state index in [0.717, 1.165) is 11.1 Å². The van der Waals surface area contributed by atoms with Crippen LogP contribution < -0.4 is 4.74 Å². The Hall–Kier alpha value is -3.73. The maximum absolute atomic E-state index is 15.0. The summed E-state index contributed by atoms with van der Waals surface area (Å²) in [6.07, 6.45) is 3.99. The molecule has 0 fully saturated rings. The van der Waals surface area contributed by atoms with E-state index in [1.807, 2.05) is 13.0 Å². The molecule has 1 aliphatic rings. The summed E-state index contributed by atoms with van der Waals surface area (Å²) in [7, 11) is 0. The zero-order chi connectivity index (χ0) is 23.4. The van der Waals surface area contributed by atoms with Gasteiger partial charge in [-0.25, -0.2) is 14.0 Å². The summed E-state index contributed by atoms with van der Waals surface area (Å²) in [6.45, 7) is 12.3. The Morgan fingerprint density at radius 2 is 1.50 bits per heavy atom. The monoisotopic (exact) mass is 432 g/mol. The van der Waals surface area contributed by atoms with E-state index in [1.54, 1.807) is 56.3 Å². The van der Waals surface area contributed by atoms with Crippen molar-refractivity contribution in [3.8, 4) is 16.9 Å². The van der Waals surface area contributed by atoms with Gasteiger partial charge in [0.1, 0.15) is 17.3 Å². The number of hydrogen-bond acceptors (Lipinski definition) is 4. The molecule has 0 saturated carbocycles. The van der Waals surface area contributed by atoms with Crippen LogP contribution in [0.4, 0.5) is 4.39 Å². The van der Waals surface area contributed by atoms with Crippen LogP contribution in [0.2, 0.25) is 0 Å². The third-order valence-electron chi connectivity index (χ3n) is 5.09. The molecule has 0 saturated heterocycles. The molecule has 4 nitrogen and oxygen atoms in total. The van der Waals surface area contributed by atoms with Crippen molar-refractivity contribution < 1.29 is 23.5 Å². The van der Waals surface area contributed by atoms with Gasteiger partial charge in [0.15, 0.2) is 0 Å². The van der Waals surface area contributed by atoms with Crippen LogP contribution in [0.3, 0.4) is 0 Å². The predicted molar refractivity (Wildman–Crippen MR) is 123 cm³/mol. The molecule has 2 aromatic rings. The summed E-state index contributed by atoms with van der Waals surface area (Å²) in [5.41, 5.74) is 3.50. The fourth-order valence-electron chi connectivity index (χ4n) is 3.30. The first-order valence-electron chi connectivity index (χ1n) is 10.2. The second-order valence-electron chi connectivity index (χ2n) is 7.92. The van der Waals surface area contributed by atoms with E-state index < -0.39 is 11.9 Å². The number of hydrogen-bond donors (Lipinski definition) is 0. The third-order valence-corrected chi connectivity index (χ3v) is 5.09. The van der Waals surface area contributed by atoms with E-state index in [2.05, 4.69) is 13.2 Å². The van der Waals surface area contributed by atoms with E-state index in [0.29, 0.717) is 40.2 Å². The van der Waals surface area contributed by atoms with Crippen molar-refractivity contribution in [1.29, 1.82) is 0 Å². The quantitative estimate of drug-likeness (QED) is 0.301. The van der Waals surface area contributed by atoms with Gasteiger partial charge in [-0.3, -0.25) is 0 Å². The lowest BCUT2D eigenvalue weighted by Crippen LogP contribution is -2.12. The maximum Gasteiger partial charge on any atom is 0.338 e. The molecule has 0 radical (unpaired) electrons. The van der Waals surface area contributed by atoms with E-state index in [1.165, 1.54) is 6.07 Å². The van der Waals surface area contributed by atoms with E-state index in [4.69, 9.17) is 9.47 Å². The number of rotatable bonds is 6. The summed E-state index contributed by atoms with van der Waals surface area (Å²) in [4.78, 5) is 23.3. The standard InChI is InChI=1S/C27H25FO4/c1-16(2)26(29)31-21-9-6-19(7-10-21)20-8-12-24(25(28)15-20)23-13-11-22(14-18(23)5)32-27(30)17(3)4/h6-13,15,18H,1,3,14H2,2,4-5H3. The summed E-state index contributed by atoms with van der Waals surface area (Å²) < 4.78 is 25.5. The van der Waals surface area contributed by atoms with Crippen molar-refractivity contribution in [3.05, 3.63) is 96.1 Å². The molecule has 1 aliphatic carbocycles. The number of esters is 2. The summed E-state index contributed by atoms with van der Waals surface area (Å²) in [5.74, 6) is -0.371. The molecular weight excluding hydrogens is 407 g/mol. The van der Waals surface area contributed by atoms with Crippen LogP contribution in [0, 0.1) is 11.7 Å². The van der Waals surface area contributed by atoms with Gasteiger partial charge in [-0.1, -0.05) is 50.4 Å². The fourth-order valence-corrected chi connectivity index (χ4v) is 3.30. The highest BCUT2D eigenvalue weighted by Crippen LogP contribution is 2.35. The number of halogens is 1. The SMILES string of the molecule is C=C(C)C(=O)OC1=CC=C(c2ccc(-c3ccc(OC(=O)C(=C)C)cc3)cc2F)C(C)C1. The van der Waals surface area contributed by atoms with Gasteiger partial charge < -0.3 is 9.47 Å². The molecule has 164 valence electrons. The first kappa shape index (κ1) is 22.9. The van der Waals surface area contributed by atoms with E-state index >= 15 is 4.39 Å². The van der Waals surface area contributed by atoms with Crippen LogP contribution in [-0.2, 0) is 14.3 Å². The smallest absolute Gasteiger partial charge is 0.338 e. The molecule has 0 bridgehead atoms. The molecule has 5 heteroatoms. The van der Waals surface area contributed by atoms with Gasteiger partial charge in [0.05, 0.1) is 0 Å². The Balaban J connectivity index is 1.79. The summed E-state index contributed by atoms with van der Waals surface area (Å²) in [5, 5.41) is 0. The highest BCUT2D eigenvalue weighted by molar-refractivity contribution is 5.89. The first-order chi connectivity index (χ1) is 15.2.